The number of rotatable bonds is 7. The van der Waals surface area contributed by atoms with E-state index in [2.05, 4.69) is 61.1 Å². The second-order valence-corrected chi connectivity index (χ2v) is 12.3. The molecular formula is C30H45N3O2S. The number of nitrogens with zero attached hydrogens (tertiary/aromatic N) is 3. The lowest BCUT2D eigenvalue weighted by atomic mass is 9.89. The first-order valence-electron chi connectivity index (χ1n) is 14.1. The molecule has 3 heterocycles. The first-order chi connectivity index (χ1) is 17.4. The first kappa shape index (κ1) is 27.3. The molecule has 1 aliphatic carbocycles. The van der Waals surface area contributed by atoms with Crippen LogP contribution in [0.1, 0.15) is 91.7 Å². The van der Waals surface area contributed by atoms with Crippen LogP contribution < -0.4 is 0 Å². The number of carbonyl (C=O) groups is 1. The second kappa shape index (κ2) is 12.7. The monoisotopic (exact) mass is 511 g/mol. The Morgan fingerprint density at radius 3 is 2.56 bits per heavy atom. The van der Waals surface area contributed by atoms with E-state index in [9.17, 15) is 4.79 Å². The number of carboxylic acid groups (broad SMARTS) is 1. The molecule has 0 saturated carbocycles. The Balaban J connectivity index is 0.000000967. The van der Waals surface area contributed by atoms with E-state index in [0.29, 0.717) is 30.2 Å². The molecule has 2 fully saturated rings. The molecule has 0 bridgehead atoms. The average Bonchev–Trinajstić information content (AvgIpc) is 3.57. The fraction of sp³-hybridized carbons (Fsp3) is 0.667. The van der Waals surface area contributed by atoms with Gasteiger partial charge in [0.05, 0.1) is 10.7 Å². The van der Waals surface area contributed by atoms with Crippen molar-refractivity contribution in [3.05, 3.63) is 51.0 Å². The number of aliphatic carboxylic acids is 1. The summed E-state index contributed by atoms with van der Waals surface area (Å²) in [4.78, 5) is 21.2. The number of benzene rings is 1. The third-order valence-corrected chi connectivity index (χ3v) is 9.03. The highest BCUT2D eigenvalue weighted by Gasteiger charge is 2.41. The smallest absolute Gasteiger partial charge is 0.303 e. The van der Waals surface area contributed by atoms with Gasteiger partial charge in [0.2, 0.25) is 0 Å². The molecule has 36 heavy (non-hydrogen) atoms. The summed E-state index contributed by atoms with van der Waals surface area (Å²) in [6.45, 7) is 14.2. The summed E-state index contributed by atoms with van der Waals surface area (Å²) in [5.41, 5.74) is 5.77. The molecule has 198 valence electrons. The van der Waals surface area contributed by atoms with E-state index in [-0.39, 0.29) is 0 Å². The van der Waals surface area contributed by atoms with E-state index >= 15 is 0 Å². The maximum atomic E-state index is 10.9. The zero-order chi connectivity index (χ0) is 25.7. The molecule has 2 unspecified atom stereocenters. The van der Waals surface area contributed by atoms with Crippen molar-refractivity contribution >= 4 is 17.3 Å². The van der Waals surface area contributed by atoms with Crippen LogP contribution in [0.15, 0.2) is 23.6 Å². The van der Waals surface area contributed by atoms with Crippen molar-refractivity contribution in [2.75, 3.05) is 32.7 Å². The number of likely N-dealkylation sites (tertiary alicyclic amines) is 2. The third kappa shape index (κ3) is 6.76. The van der Waals surface area contributed by atoms with Crippen LogP contribution in [0.5, 0.6) is 0 Å². The molecular weight excluding hydrogens is 466 g/mol. The molecule has 1 aromatic carbocycles. The minimum atomic E-state index is -0.659. The van der Waals surface area contributed by atoms with Crippen LogP contribution in [-0.2, 0) is 11.2 Å². The Morgan fingerprint density at radius 2 is 1.89 bits per heavy atom. The van der Waals surface area contributed by atoms with Gasteiger partial charge in [-0.1, -0.05) is 44.0 Å². The van der Waals surface area contributed by atoms with Crippen molar-refractivity contribution in [3.8, 4) is 0 Å². The summed E-state index contributed by atoms with van der Waals surface area (Å²) >= 11 is 1.78. The van der Waals surface area contributed by atoms with Gasteiger partial charge in [-0.2, -0.15) is 0 Å². The molecule has 6 heteroatoms. The van der Waals surface area contributed by atoms with Crippen LogP contribution in [0, 0.1) is 25.7 Å². The lowest BCUT2D eigenvalue weighted by molar-refractivity contribution is -0.137. The van der Waals surface area contributed by atoms with Gasteiger partial charge in [0.1, 0.15) is 0 Å². The molecule has 2 aliphatic heterocycles. The Kier molecular flexibility index (Phi) is 9.59. The Hall–Kier alpha value is -1.76. The van der Waals surface area contributed by atoms with Crippen LogP contribution in [-0.4, -0.2) is 58.6 Å². The zero-order valence-electron chi connectivity index (χ0n) is 22.7. The van der Waals surface area contributed by atoms with Crippen molar-refractivity contribution in [2.24, 2.45) is 11.8 Å². The summed E-state index contributed by atoms with van der Waals surface area (Å²) in [7, 11) is 0. The SMILES string of the molecule is CCC.Cc1ccc2c(c1)CCC2N1CC(c2csc(C)n2)[C@@H](CN2CCC(CCC(=O)O)CC2)C1. The lowest BCUT2D eigenvalue weighted by Crippen LogP contribution is -2.39. The minimum absolute atomic E-state index is 0.315. The van der Waals surface area contributed by atoms with Crippen molar-refractivity contribution in [2.45, 2.75) is 84.6 Å². The summed E-state index contributed by atoms with van der Waals surface area (Å²) in [5.74, 6) is 1.03. The normalized spacial score (nSPS) is 24.9. The van der Waals surface area contributed by atoms with Crippen molar-refractivity contribution in [3.63, 3.8) is 0 Å². The Labute approximate surface area is 221 Å². The molecule has 5 rings (SSSR count). The molecule has 0 radical (unpaired) electrons. The van der Waals surface area contributed by atoms with E-state index in [4.69, 9.17) is 10.1 Å². The van der Waals surface area contributed by atoms with Gasteiger partial charge < -0.3 is 10.0 Å². The molecule has 1 N–H and O–H groups in total. The highest BCUT2D eigenvalue weighted by molar-refractivity contribution is 7.09. The number of thiazole rings is 1. The predicted octanol–water partition coefficient (Wildman–Crippen LogP) is 6.46. The van der Waals surface area contributed by atoms with E-state index in [0.717, 1.165) is 52.0 Å². The molecule has 5 nitrogen and oxygen atoms in total. The van der Waals surface area contributed by atoms with Gasteiger partial charge in [0, 0.05) is 43.4 Å². The van der Waals surface area contributed by atoms with Crippen LogP contribution in [0.2, 0.25) is 0 Å². The number of carboxylic acids is 1. The molecule has 3 atom stereocenters. The van der Waals surface area contributed by atoms with Gasteiger partial charge >= 0.3 is 5.97 Å². The van der Waals surface area contributed by atoms with E-state index in [1.54, 1.807) is 22.5 Å². The summed E-state index contributed by atoms with van der Waals surface area (Å²) in [5, 5.41) is 12.5. The van der Waals surface area contributed by atoms with Crippen LogP contribution in [0.3, 0.4) is 0 Å². The van der Waals surface area contributed by atoms with Gasteiger partial charge in [0.25, 0.3) is 0 Å². The van der Waals surface area contributed by atoms with E-state index < -0.39 is 5.97 Å². The second-order valence-electron chi connectivity index (χ2n) is 11.3. The van der Waals surface area contributed by atoms with Crippen molar-refractivity contribution < 1.29 is 9.90 Å². The fourth-order valence-electron chi connectivity index (χ4n) is 6.45. The summed E-state index contributed by atoms with van der Waals surface area (Å²) in [6, 6.07) is 7.59. The third-order valence-electron chi connectivity index (χ3n) is 8.24. The van der Waals surface area contributed by atoms with Crippen molar-refractivity contribution in [1.82, 2.24) is 14.8 Å². The molecule has 0 amide bonds. The van der Waals surface area contributed by atoms with Gasteiger partial charge in [-0.3, -0.25) is 9.69 Å². The summed E-state index contributed by atoms with van der Waals surface area (Å²) < 4.78 is 0. The number of hydrogen-bond donors (Lipinski definition) is 1. The maximum Gasteiger partial charge on any atom is 0.303 e. The van der Waals surface area contributed by atoms with E-state index in [1.807, 2.05) is 0 Å². The average molecular weight is 512 g/mol. The highest BCUT2D eigenvalue weighted by atomic mass is 32.1. The Bertz CT molecular complexity index is 998. The molecule has 3 aliphatic rings. The quantitative estimate of drug-likeness (QED) is 0.463. The van der Waals surface area contributed by atoms with Crippen LogP contribution in [0.25, 0.3) is 0 Å². The van der Waals surface area contributed by atoms with Gasteiger partial charge in [-0.15, -0.1) is 11.3 Å². The number of hydrogen-bond acceptors (Lipinski definition) is 5. The van der Waals surface area contributed by atoms with Crippen molar-refractivity contribution in [1.29, 1.82) is 0 Å². The fourth-order valence-corrected chi connectivity index (χ4v) is 7.13. The molecule has 2 saturated heterocycles. The predicted molar refractivity (Wildman–Crippen MR) is 149 cm³/mol. The maximum absolute atomic E-state index is 10.9. The van der Waals surface area contributed by atoms with Crippen LogP contribution in [0.4, 0.5) is 0 Å². The number of fused-ring (bicyclic) bond motifs is 1. The van der Waals surface area contributed by atoms with Gasteiger partial charge in [-0.25, -0.2) is 4.98 Å². The topological polar surface area (TPSA) is 56.7 Å². The number of piperidine rings is 1. The van der Waals surface area contributed by atoms with Gasteiger partial charge in [0.15, 0.2) is 0 Å². The van der Waals surface area contributed by atoms with E-state index in [1.165, 1.54) is 35.5 Å². The largest absolute Gasteiger partial charge is 0.481 e. The number of aromatic nitrogens is 1. The highest BCUT2D eigenvalue weighted by Crippen LogP contribution is 2.43. The lowest BCUT2D eigenvalue weighted by Gasteiger charge is -2.34. The van der Waals surface area contributed by atoms with Crippen LogP contribution >= 0.6 is 11.3 Å². The molecule has 1 aromatic heterocycles. The summed E-state index contributed by atoms with van der Waals surface area (Å²) in [6.07, 6.45) is 7.12. The minimum Gasteiger partial charge on any atom is -0.481 e. The van der Waals surface area contributed by atoms with Gasteiger partial charge in [-0.05, 0) is 82.0 Å². The molecule has 2 aromatic rings. The zero-order valence-corrected chi connectivity index (χ0v) is 23.5. The molecule has 0 spiro atoms. The Morgan fingerprint density at radius 1 is 1.14 bits per heavy atom. The first-order valence-corrected chi connectivity index (χ1v) is 15.0. The number of aryl methyl sites for hydroxylation is 3. The standard InChI is InChI=1S/C27H37N3O2S.C3H8/c1-18-3-6-23-21(13-18)5-7-26(23)30-15-22(24(16-30)25-17-33-19(2)28-25)14-29-11-9-20(10-12-29)4-8-27(31)32;1-3-2/h3,6,13,17,20,22,24,26H,4-5,7-12,14-16H2,1-2H3,(H,31,32);3H2,1-2H3/t22-,24?,26?;/m0./s1.